The molecule has 174 valence electrons. The average molecular weight is 460 g/mol. The fourth-order valence-corrected chi connectivity index (χ4v) is 4.55. The van der Waals surface area contributed by atoms with E-state index in [0.717, 1.165) is 0 Å². The Kier molecular flexibility index (Phi) is 4.96. The van der Waals surface area contributed by atoms with Crippen LogP contribution in [-0.4, -0.2) is 54.8 Å². The van der Waals surface area contributed by atoms with Crippen molar-refractivity contribution in [2.75, 3.05) is 12.4 Å². The standard InChI is InChI=1S/C22H23F3N6O2/c1-10-27-18-14(23)4-11(5-15(18)31(10)9-16(24)25)13-8-26-19-17(13)20(33-3)30-21(29-19)28-12-6-22(2,32)7-12/h4-5,8,12,16,32H,6-7,9H2,1-3H3,(H2,26,28,29,30). The molecule has 0 aliphatic heterocycles. The second-order valence-electron chi connectivity index (χ2n) is 8.72. The lowest BCUT2D eigenvalue weighted by atomic mass is 9.77. The summed E-state index contributed by atoms with van der Waals surface area (Å²) in [7, 11) is 1.47. The summed E-state index contributed by atoms with van der Waals surface area (Å²) in [4.78, 5) is 16.1. The molecule has 1 aliphatic rings. The number of halogens is 3. The molecule has 3 heterocycles. The number of aryl methyl sites for hydroxylation is 1. The minimum absolute atomic E-state index is 0.0443. The van der Waals surface area contributed by atoms with Crippen LogP contribution in [0.15, 0.2) is 18.3 Å². The number of aromatic amines is 1. The lowest BCUT2D eigenvalue weighted by molar-refractivity contribution is -0.0236. The van der Waals surface area contributed by atoms with Gasteiger partial charge in [-0.15, -0.1) is 0 Å². The van der Waals surface area contributed by atoms with Gasteiger partial charge in [0.2, 0.25) is 11.8 Å². The number of rotatable bonds is 6. The number of hydrogen-bond acceptors (Lipinski definition) is 6. The van der Waals surface area contributed by atoms with Crippen molar-refractivity contribution >= 4 is 28.0 Å². The molecule has 33 heavy (non-hydrogen) atoms. The molecule has 0 radical (unpaired) electrons. The number of H-pyrrole nitrogens is 1. The smallest absolute Gasteiger partial charge is 0.256 e. The van der Waals surface area contributed by atoms with Gasteiger partial charge < -0.3 is 24.7 Å². The number of hydrogen-bond donors (Lipinski definition) is 3. The molecule has 11 heteroatoms. The van der Waals surface area contributed by atoms with Gasteiger partial charge in [-0.2, -0.15) is 9.97 Å². The lowest BCUT2D eigenvalue weighted by Gasteiger charge is -2.41. The summed E-state index contributed by atoms with van der Waals surface area (Å²) in [5.74, 6) is 0.332. The van der Waals surface area contributed by atoms with Crippen LogP contribution in [-0.2, 0) is 6.54 Å². The normalized spacial score (nSPS) is 20.5. The number of benzene rings is 1. The van der Waals surface area contributed by atoms with Crippen LogP contribution in [0.2, 0.25) is 0 Å². The van der Waals surface area contributed by atoms with Crippen LogP contribution in [0.5, 0.6) is 5.88 Å². The number of nitrogens with one attached hydrogen (secondary N) is 2. The van der Waals surface area contributed by atoms with Gasteiger partial charge in [0.25, 0.3) is 6.43 Å². The number of ether oxygens (including phenoxy) is 1. The lowest BCUT2D eigenvalue weighted by Crippen LogP contribution is -2.48. The highest BCUT2D eigenvalue weighted by molar-refractivity contribution is 5.99. The Balaban J connectivity index is 1.58. The molecule has 0 amide bonds. The number of imidazole rings is 1. The van der Waals surface area contributed by atoms with Crippen LogP contribution < -0.4 is 10.1 Å². The fraction of sp³-hybridized carbons (Fsp3) is 0.409. The largest absolute Gasteiger partial charge is 0.480 e. The summed E-state index contributed by atoms with van der Waals surface area (Å²) >= 11 is 0. The Morgan fingerprint density at radius 2 is 2.06 bits per heavy atom. The van der Waals surface area contributed by atoms with E-state index in [2.05, 4.69) is 25.3 Å². The van der Waals surface area contributed by atoms with E-state index in [1.54, 1.807) is 26.1 Å². The number of alkyl halides is 2. The van der Waals surface area contributed by atoms with Crippen molar-refractivity contribution in [3.05, 3.63) is 30.0 Å². The van der Waals surface area contributed by atoms with E-state index in [0.29, 0.717) is 46.8 Å². The molecule has 3 N–H and O–H groups in total. The van der Waals surface area contributed by atoms with Gasteiger partial charge in [0.1, 0.15) is 17.0 Å². The van der Waals surface area contributed by atoms with Crippen LogP contribution in [0.25, 0.3) is 33.2 Å². The van der Waals surface area contributed by atoms with Gasteiger partial charge in [0, 0.05) is 17.8 Å². The van der Waals surface area contributed by atoms with E-state index in [4.69, 9.17) is 4.74 Å². The summed E-state index contributed by atoms with van der Waals surface area (Å²) in [6.07, 6.45) is 0.218. The number of aliphatic hydroxyl groups is 1. The van der Waals surface area contributed by atoms with Gasteiger partial charge in [-0.1, -0.05) is 0 Å². The molecule has 0 unspecified atom stereocenters. The second-order valence-corrected chi connectivity index (χ2v) is 8.72. The molecule has 4 aromatic rings. The van der Waals surface area contributed by atoms with Gasteiger partial charge in [-0.3, -0.25) is 0 Å². The molecule has 1 fully saturated rings. The summed E-state index contributed by atoms with van der Waals surface area (Å²) in [6.45, 7) is 2.77. The van der Waals surface area contributed by atoms with Gasteiger partial charge >= 0.3 is 0 Å². The Hall–Kier alpha value is -3.34. The van der Waals surface area contributed by atoms with Crippen LogP contribution in [0, 0.1) is 12.7 Å². The minimum atomic E-state index is -2.60. The van der Waals surface area contributed by atoms with E-state index in [-0.39, 0.29) is 23.0 Å². The van der Waals surface area contributed by atoms with Gasteiger partial charge in [-0.25, -0.2) is 18.2 Å². The Morgan fingerprint density at radius 3 is 2.73 bits per heavy atom. The molecule has 0 spiro atoms. The maximum atomic E-state index is 14.9. The maximum Gasteiger partial charge on any atom is 0.256 e. The highest BCUT2D eigenvalue weighted by atomic mass is 19.3. The third-order valence-corrected chi connectivity index (χ3v) is 6.03. The van der Waals surface area contributed by atoms with Gasteiger partial charge in [0.05, 0.1) is 30.2 Å². The third kappa shape index (κ3) is 3.75. The zero-order chi connectivity index (χ0) is 23.5. The minimum Gasteiger partial charge on any atom is -0.480 e. The molecule has 0 atom stereocenters. The van der Waals surface area contributed by atoms with Crippen LogP contribution >= 0.6 is 0 Å². The van der Waals surface area contributed by atoms with Crippen molar-refractivity contribution in [2.24, 2.45) is 0 Å². The van der Waals surface area contributed by atoms with Crippen molar-refractivity contribution < 1.29 is 23.0 Å². The van der Waals surface area contributed by atoms with E-state index in [9.17, 15) is 18.3 Å². The van der Waals surface area contributed by atoms with Crippen LogP contribution in [0.1, 0.15) is 25.6 Å². The zero-order valence-electron chi connectivity index (χ0n) is 18.3. The number of nitrogens with zero attached hydrogens (tertiary/aromatic N) is 4. The fourth-order valence-electron chi connectivity index (χ4n) is 4.55. The van der Waals surface area contributed by atoms with E-state index < -0.39 is 24.4 Å². The molecule has 1 saturated carbocycles. The SMILES string of the molecule is COc1nc(NC2CC(C)(O)C2)nc2[nH]cc(-c3cc(F)c4nc(C)n(CC(F)F)c4c3)c12. The second kappa shape index (κ2) is 7.62. The quantitative estimate of drug-likeness (QED) is 0.402. The molecular weight excluding hydrogens is 437 g/mol. The van der Waals surface area contributed by atoms with Crippen LogP contribution in [0.3, 0.4) is 0 Å². The number of aromatic nitrogens is 5. The summed E-state index contributed by atoms with van der Waals surface area (Å²) < 4.78 is 47.9. The average Bonchev–Trinajstić information content (AvgIpc) is 3.28. The first-order chi connectivity index (χ1) is 15.6. The molecule has 0 bridgehead atoms. The van der Waals surface area contributed by atoms with Gasteiger partial charge in [-0.05, 0) is 44.4 Å². The summed E-state index contributed by atoms with van der Waals surface area (Å²) in [5.41, 5.74) is 1.14. The third-order valence-electron chi connectivity index (χ3n) is 6.03. The first-order valence-electron chi connectivity index (χ1n) is 10.5. The molecule has 1 aromatic carbocycles. The predicted molar refractivity (Wildman–Crippen MR) is 117 cm³/mol. The number of anilines is 1. The predicted octanol–water partition coefficient (Wildman–Crippen LogP) is 4.02. The topological polar surface area (TPSA) is 101 Å². The number of fused-ring (bicyclic) bond motifs is 2. The highest BCUT2D eigenvalue weighted by Gasteiger charge is 2.38. The molecular formula is C22H23F3N6O2. The van der Waals surface area contributed by atoms with E-state index in [1.807, 2.05) is 0 Å². The molecule has 0 saturated heterocycles. The van der Waals surface area contributed by atoms with Crippen molar-refractivity contribution in [1.29, 1.82) is 0 Å². The van der Waals surface area contributed by atoms with E-state index >= 15 is 0 Å². The summed E-state index contributed by atoms with van der Waals surface area (Å²) in [5, 5.41) is 13.7. The van der Waals surface area contributed by atoms with Crippen molar-refractivity contribution in [3.8, 4) is 17.0 Å². The first kappa shape index (κ1) is 21.5. The Bertz CT molecular complexity index is 1360. The Labute approximate surface area is 186 Å². The van der Waals surface area contributed by atoms with Crippen molar-refractivity contribution in [1.82, 2.24) is 24.5 Å². The molecule has 5 rings (SSSR count). The van der Waals surface area contributed by atoms with Crippen LogP contribution in [0.4, 0.5) is 19.1 Å². The van der Waals surface area contributed by atoms with Crippen molar-refractivity contribution in [3.63, 3.8) is 0 Å². The monoisotopic (exact) mass is 460 g/mol. The highest BCUT2D eigenvalue weighted by Crippen LogP contribution is 2.38. The van der Waals surface area contributed by atoms with E-state index in [1.165, 1.54) is 17.7 Å². The zero-order valence-corrected chi connectivity index (χ0v) is 18.3. The summed E-state index contributed by atoms with van der Waals surface area (Å²) in [6, 6.07) is 2.99. The molecule has 1 aliphatic carbocycles. The number of methoxy groups -OCH3 is 1. The van der Waals surface area contributed by atoms with Crippen molar-refractivity contribution in [2.45, 2.75) is 51.3 Å². The molecule has 8 nitrogen and oxygen atoms in total. The Morgan fingerprint density at radius 1 is 1.30 bits per heavy atom. The first-order valence-corrected chi connectivity index (χ1v) is 10.5. The molecule has 3 aromatic heterocycles. The van der Waals surface area contributed by atoms with Gasteiger partial charge in [0.15, 0.2) is 5.82 Å². The maximum absolute atomic E-state index is 14.9.